The number of rotatable bonds is 7. The molecule has 0 heterocycles. The van der Waals surface area contributed by atoms with Crippen LogP contribution in [0.3, 0.4) is 0 Å². The number of anilines is 1. The summed E-state index contributed by atoms with van der Waals surface area (Å²) in [6, 6.07) is 5.25. The minimum Gasteiger partial charge on any atom is -0.495 e. The highest BCUT2D eigenvalue weighted by Gasteiger charge is 2.37. The van der Waals surface area contributed by atoms with Gasteiger partial charge in [-0.05, 0) is 31.0 Å². The summed E-state index contributed by atoms with van der Waals surface area (Å²) in [5, 5.41) is 12.1. The van der Waals surface area contributed by atoms with Crippen molar-refractivity contribution in [2.24, 2.45) is 5.41 Å². The Morgan fingerprint density at radius 1 is 1.33 bits per heavy atom. The fourth-order valence-corrected chi connectivity index (χ4v) is 2.52. The molecule has 0 atom stereocenters. The van der Waals surface area contributed by atoms with Gasteiger partial charge in [0.1, 0.15) is 5.75 Å². The van der Waals surface area contributed by atoms with Crippen LogP contribution >= 0.6 is 15.9 Å². The maximum atomic E-state index is 12.2. The summed E-state index contributed by atoms with van der Waals surface area (Å²) in [6.07, 6.45) is 0.745. The van der Waals surface area contributed by atoms with Gasteiger partial charge >= 0.3 is 5.97 Å². The van der Waals surface area contributed by atoms with Gasteiger partial charge in [0.15, 0.2) is 0 Å². The highest BCUT2D eigenvalue weighted by atomic mass is 79.9. The van der Waals surface area contributed by atoms with Crippen molar-refractivity contribution in [3.63, 3.8) is 0 Å². The van der Waals surface area contributed by atoms with Crippen LogP contribution < -0.4 is 10.1 Å². The Hall–Kier alpha value is -1.56. The van der Waals surface area contributed by atoms with Crippen molar-refractivity contribution in [1.82, 2.24) is 0 Å². The quantitative estimate of drug-likeness (QED) is 0.780. The monoisotopic (exact) mass is 357 g/mol. The molecule has 0 aliphatic rings. The third kappa shape index (κ3) is 4.20. The van der Waals surface area contributed by atoms with Gasteiger partial charge in [-0.1, -0.05) is 29.8 Å². The Bertz CT molecular complexity index is 526. The molecule has 0 spiro atoms. The standard InChI is InChI=1S/C15H20BrNO4/c1-4-15(5-2,14(19)20)9-13(18)17-11-8-10(16)6-7-12(11)21-3/h6-8H,4-5,9H2,1-3H3,(H,17,18)(H,19,20). The average Bonchev–Trinajstić information content (AvgIpc) is 2.44. The molecule has 0 unspecified atom stereocenters. The Balaban J connectivity index is 2.91. The van der Waals surface area contributed by atoms with Crippen LogP contribution in [0.15, 0.2) is 22.7 Å². The van der Waals surface area contributed by atoms with E-state index in [-0.39, 0.29) is 12.3 Å². The Morgan fingerprint density at radius 2 is 1.95 bits per heavy atom. The zero-order valence-electron chi connectivity index (χ0n) is 12.4. The maximum absolute atomic E-state index is 12.2. The highest BCUT2D eigenvalue weighted by Crippen LogP contribution is 2.33. The summed E-state index contributed by atoms with van der Waals surface area (Å²) in [7, 11) is 1.51. The fraction of sp³-hybridized carbons (Fsp3) is 0.467. The molecule has 1 aromatic rings. The molecule has 0 fully saturated rings. The number of carboxylic acid groups (broad SMARTS) is 1. The van der Waals surface area contributed by atoms with Gasteiger partial charge in [-0.25, -0.2) is 0 Å². The number of nitrogens with one attached hydrogen (secondary N) is 1. The third-order valence-electron chi connectivity index (χ3n) is 3.74. The van der Waals surface area contributed by atoms with Crippen LogP contribution in [-0.4, -0.2) is 24.1 Å². The number of halogens is 1. The van der Waals surface area contributed by atoms with E-state index >= 15 is 0 Å². The second kappa shape index (κ2) is 7.45. The van der Waals surface area contributed by atoms with E-state index in [1.54, 1.807) is 32.0 Å². The zero-order valence-corrected chi connectivity index (χ0v) is 14.0. The third-order valence-corrected chi connectivity index (χ3v) is 4.24. The predicted molar refractivity (Wildman–Crippen MR) is 84.6 cm³/mol. The maximum Gasteiger partial charge on any atom is 0.310 e. The Labute approximate surface area is 132 Å². The molecule has 2 N–H and O–H groups in total. The van der Waals surface area contributed by atoms with Gasteiger partial charge in [0.05, 0.1) is 18.2 Å². The number of hydrogen-bond acceptors (Lipinski definition) is 3. The number of amides is 1. The molecule has 5 nitrogen and oxygen atoms in total. The van der Waals surface area contributed by atoms with Crippen molar-refractivity contribution in [1.29, 1.82) is 0 Å². The summed E-state index contributed by atoms with van der Waals surface area (Å²) in [6.45, 7) is 3.56. The SMILES string of the molecule is CCC(CC)(CC(=O)Nc1cc(Br)ccc1OC)C(=O)O. The minimum atomic E-state index is -1.02. The number of aliphatic carboxylic acids is 1. The van der Waals surface area contributed by atoms with Crippen molar-refractivity contribution in [3.05, 3.63) is 22.7 Å². The number of hydrogen-bond donors (Lipinski definition) is 2. The van der Waals surface area contributed by atoms with E-state index in [9.17, 15) is 14.7 Å². The number of carboxylic acids is 1. The van der Waals surface area contributed by atoms with Crippen LogP contribution in [0.5, 0.6) is 5.75 Å². The molecule has 0 aliphatic heterocycles. The number of methoxy groups -OCH3 is 1. The lowest BCUT2D eigenvalue weighted by molar-refractivity contribution is -0.151. The van der Waals surface area contributed by atoms with Crippen molar-refractivity contribution >= 4 is 33.5 Å². The minimum absolute atomic E-state index is 0.0645. The van der Waals surface area contributed by atoms with Crippen molar-refractivity contribution in [2.75, 3.05) is 12.4 Å². The molecule has 0 bridgehead atoms. The number of carbonyl (C=O) groups is 2. The Kier molecular flexibility index (Phi) is 6.20. The van der Waals surface area contributed by atoms with E-state index in [1.807, 2.05) is 0 Å². The van der Waals surface area contributed by atoms with Crippen LogP contribution in [-0.2, 0) is 9.59 Å². The predicted octanol–water partition coefficient (Wildman–Crippen LogP) is 3.68. The van der Waals surface area contributed by atoms with E-state index in [1.165, 1.54) is 7.11 Å². The van der Waals surface area contributed by atoms with Gasteiger partial charge in [-0.15, -0.1) is 0 Å². The molecule has 6 heteroatoms. The molecule has 0 saturated heterocycles. The van der Waals surface area contributed by atoms with E-state index < -0.39 is 11.4 Å². The van der Waals surface area contributed by atoms with Gasteiger partial charge in [0.2, 0.25) is 5.91 Å². The first-order chi connectivity index (χ1) is 9.88. The van der Waals surface area contributed by atoms with Crippen LogP contribution in [0.4, 0.5) is 5.69 Å². The first-order valence-corrected chi connectivity index (χ1v) is 7.54. The molecule has 0 aromatic heterocycles. The van der Waals surface area contributed by atoms with Crippen LogP contribution in [0.2, 0.25) is 0 Å². The molecule has 0 saturated carbocycles. The summed E-state index contributed by atoms with van der Waals surface area (Å²) in [5.74, 6) is -0.748. The van der Waals surface area contributed by atoms with Crippen molar-refractivity contribution in [3.8, 4) is 5.75 Å². The number of benzene rings is 1. The lowest BCUT2D eigenvalue weighted by Gasteiger charge is -2.26. The highest BCUT2D eigenvalue weighted by molar-refractivity contribution is 9.10. The summed E-state index contributed by atoms with van der Waals surface area (Å²) >= 11 is 3.33. The summed E-state index contributed by atoms with van der Waals surface area (Å²) in [4.78, 5) is 23.6. The molecular formula is C15H20BrNO4. The second-order valence-electron chi connectivity index (χ2n) is 4.86. The van der Waals surface area contributed by atoms with Gasteiger partial charge in [0.25, 0.3) is 0 Å². The van der Waals surface area contributed by atoms with Crippen LogP contribution in [0, 0.1) is 5.41 Å². The lowest BCUT2D eigenvalue weighted by Crippen LogP contribution is -2.34. The molecule has 1 rings (SSSR count). The molecule has 0 radical (unpaired) electrons. The summed E-state index contributed by atoms with van der Waals surface area (Å²) in [5.41, 5.74) is -0.507. The normalized spacial score (nSPS) is 11.0. The van der Waals surface area contributed by atoms with Crippen LogP contribution in [0.25, 0.3) is 0 Å². The topological polar surface area (TPSA) is 75.6 Å². The molecule has 1 aromatic carbocycles. The van der Waals surface area contributed by atoms with Gasteiger partial charge in [0, 0.05) is 10.9 Å². The Morgan fingerprint density at radius 3 is 2.43 bits per heavy atom. The molecule has 1 amide bonds. The second-order valence-corrected chi connectivity index (χ2v) is 5.78. The number of ether oxygens (including phenoxy) is 1. The first kappa shape index (κ1) is 17.5. The first-order valence-electron chi connectivity index (χ1n) is 6.75. The van der Waals surface area contributed by atoms with Gasteiger partial charge < -0.3 is 15.2 Å². The van der Waals surface area contributed by atoms with Crippen molar-refractivity contribution < 1.29 is 19.4 Å². The molecule has 0 aliphatic carbocycles. The molecular weight excluding hydrogens is 338 g/mol. The van der Waals surface area contributed by atoms with Crippen molar-refractivity contribution in [2.45, 2.75) is 33.1 Å². The largest absolute Gasteiger partial charge is 0.495 e. The summed E-state index contributed by atoms with van der Waals surface area (Å²) < 4.78 is 5.98. The van der Waals surface area contributed by atoms with E-state index in [0.717, 1.165) is 4.47 Å². The van der Waals surface area contributed by atoms with Crippen LogP contribution in [0.1, 0.15) is 33.1 Å². The van der Waals surface area contributed by atoms with E-state index in [4.69, 9.17) is 4.74 Å². The van der Waals surface area contributed by atoms with Gasteiger partial charge in [-0.2, -0.15) is 0 Å². The van der Waals surface area contributed by atoms with E-state index in [2.05, 4.69) is 21.2 Å². The smallest absolute Gasteiger partial charge is 0.310 e. The lowest BCUT2D eigenvalue weighted by atomic mass is 9.79. The van der Waals surface area contributed by atoms with Gasteiger partial charge in [-0.3, -0.25) is 9.59 Å². The number of carbonyl (C=O) groups excluding carboxylic acids is 1. The van der Waals surface area contributed by atoms with E-state index in [0.29, 0.717) is 24.3 Å². The fourth-order valence-electron chi connectivity index (χ4n) is 2.16. The zero-order chi connectivity index (χ0) is 16.0. The average molecular weight is 358 g/mol. The molecule has 21 heavy (non-hydrogen) atoms. The molecule has 116 valence electrons.